The van der Waals surface area contributed by atoms with Crippen LogP contribution in [0.1, 0.15) is 34.7 Å². The SMILES string of the molecule is Cc1cc(C)c2c(N(C)C)nc(C(=O)NCCN3CCCC3)nc2n1. The van der Waals surface area contributed by atoms with Crippen molar-refractivity contribution in [1.29, 1.82) is 0 Å². The first-order valence-electron chi connectivity index (χ1n) is 8.79. The number of nitrogens with one attached hydrogen (secondary N) is 1. The third-order valence-corrected chi connectivity index (χ3v) is 4.51. The molecule has 25 heavy (non-hydrogen) atoms. The Balaban J connectivity index is 1.84. The Morgan fingerprint density at radius 2 is 1.92 bits per heavy atom. The summed E-state index contributed by atoms with van der Waals surface area (Å²) in [5, 5.41) is 3.83. The van der Waals surface area contributed by atoms with Crippen LogP contribution in [0.4, 0.5) is 5.82 Å². The lowest BCUT2D eigenvalue weighted by atomic mass is 10.1. The molecule has 3 heterocycles. The van der Waals surface area contributed by atoms with Gasteiger partial charge >= 0.3 is 0 Å². The Morgan fingerprint density at radius 3 is 2.60 bits per heavy atom. The minimum atomic E-state index is -0.245. The molecule has 1 aliphatic heterocycles. The van der Waals surface area contributed by atoms with Gasteiger partial charge in [-0.05, 0) is 51.4 Å². The predicted octanol–water partition coefficient (Wildman–Crippen LogP) is 1.53. The summed E-state index contributed by atoms with van der Waals surface area (Å²) in [6.07, 6.45) is 2.50. The van der Waals surface area contributed by atoms with Crippen LogP contribution in [0.2, 0.25) is 0 Å². The molecule has 0 atom stereocenters. The second kappa shape index (κ2) is 7.31. The Bertz CT molecular complexity index is 783. The molecule has 2 aromatic heterocycles. The highest BCUT2D eigenvalue weighted by Crippen LogP contribution is 2.25. The zero-order valence-electron chi connectivity index (χ0n) is 15.5. The van der Waals surface area contributed by atoms with E-state index < -0.39 is 0 Å². The summed E-state index contributed by atoms with van der Waals surface area (Å²) < 4.78 is 0. The number of pyridine rings is 1. The fourth-order valence-electron chi connectivity index (χ4n) is 3.29. The van der Waals surface area contributed by atoms with E-state index in [0.717, 1.165) is 42.1 Å². The second-order valence-corrected chi connectivity index (χ2v) is 6.85. The van der Waals surface area contributed by atoms with E-state index in [9.17, 15) is 4.79 Å². The number of carbonyl (C=O) groups excluding carboxylic acids is 1. The molecule has 7 nitrogen and oxygen atoms in total. The molecule has 1 amide bonds. The first-order valence-corrected chi connectivity index (χ1v) is 8.79. The van der Waals surface area contributed by atoms with Crippen LogP contribution >= 0.6 is 0 Å². The lowest BCUT2D eigenvalue weighted by Gasteiger charge is -2.17. The van der Waals surface area contributed by atoms with Crippen molar-refractivity contribution >= 4 is 22.8 Å². The summed E-state index contributed by atoms with van der Waals surface area (Å²) in [5.74, 6) is 0.653. The molecule has 0 saturated carbocycles. The highest BCUT2D eigenvalue weighted by Gasteiger charge is 2.18. The third kappa shape index (κ3) is 3.87. The van der Waals surface area contributed by atoms with Crippen LogP contribution in [-0.4, -0.2) is 66.0 Å². The van der Waals surface area contributed by atoms with Crippen molar-refractivity contribution in [1.82, 2.24) is 25.2 Å². The molecule has 0 bridgehead atoms. The van der Waals surface area contributed by atoms with Crippen LogP contribution in [0, 0.1) is 13.8 Å². The monoisotopic (exact) mass is 342 g/mol. The molecule has 134 valence electrons. The van der Waals surface area contributed by atoms with Crippen LogP contribution in [0.15, 0.2) is 6.07 Å². The summed E-state index contributed by atoms with van der Waals surface area (Å²) >= 11 is 0. The number of fused-ring (bicyclic) bond motifs is 1. The van der Waals surface area contributed by atoms with Crippen LogP contribution in [0.25, 0.3) is 11.0 Å². The minimum absolute atomic E-state index is 0.176. The number of rotatable bonds is 5. The average molecular weight is 342 g/mol. The number of aromatic nitrogens is 3. The molecule has 1 aliphatic rings. The molecule has 1 saturated heterocycles. The van der Waals surface area contributed by atoms with E-state index in [1.165, 1.54) is 12.8 Å². The van der Waals surface area contributed by atoms with Crippen molar-refractivity contribution in [2.24, 2.45) is 0 Å². The Labute approximate surface area is 148 Å². The lowest BCUT2D eigenvalue weighted by molar-refractivity contribution is 0.0939. The number of anilines is 1. The topological polar surface area (TPSA) is 74.2 Å². The Kier molecular flexibility index (Phi) is 5.13. The highest BCUT2D eigenvalue weighted by atomic mass is 16.2. The number of carbonyl (C=O) groups is 1. The molecular weight excluding hydrogens is 316 g/mol. The standard InChI is InChI=1S/C18H26N6O/c1-12-11-13(2)20-15-14(12)17(23(3)4)22-16(21-15)18(25)19-7-10-24-8-5-6-9-24/h11H,5-10H2,1-4H3,(H,19,25). The maximum absolute atomic E-state index is 12.5. The van der Waals surface area contributed by atoms with Gasteiger partial charge in [-0.15, -0.1) is 0 Å². The largest absolute Gasteiger partial charge is 0.362 e. The van der Waals surface area contributed by atoms with Crippen molar-refractivity contribution < 1.29 is 4.79 Å². The molecular formula is C18H26N6O. The van der Waals surface area contributed by atoms with Gasteiger partial charge in [0.15, 0.2) is 5.65 Å². The number of aryl methyl sites for hydroxylation is 2. The minimum Gasteiger partial charge on any atom is -0.362 e. The molecule has 0 aromatic carbocycles. The molecule has 1 N–H and O–H groups in total. The van der Waals surface area contributed by atoms with Gasteiger partial charge in [0.25, 0.3) is 5.91 Å². The van der Waals surface area contributed by atoms with E-state index in [1.807, 2.05) is 38.9 Å². The van der Waals surface area contributed by atoms with Crippen LogP contribution in [-0.2, 0) is 0 Å². The summed E-state index contributed by atoms with van der Waals surface area (Å²) in [4.78, 5) is 30.2. The molecule has 2 aromatic rings. The van der Waals surface area contributed by atoms with Gasteiger partial charge in [-0.2, -0.15) is 0 Å². The van der Waals surface area contributed by atoms with Gasteiger partial charge in [0.05, 0.1) is 5.39 Å². The zero-order chi connectivity index (χ0) is 18.0. The second-order valence-electron chi connectivity index (χ2n) is 6.85. The number of hydrogen-bond acceptors (Lipinski definition) is 6. The van der Waals surface area contributed by atoms with E-state index in [4.69, 9.17) is 0 Å². The van der Waals surface area contributed by atoms with Crippen LogP contribution in [0.5, 0.6) is 0 Å². The Hall–Kier alpha value is -2.28. The lowest BCUT2D eigenvalue weighted by Crippen LogP contribution is -2.34. The maximum Gasteiger partial charge on any atom is 0.289 e. The van der Waals surface area contributed by atoms with E-state index >= 15 is 0 Å². The summed E-state index contributed by atoms with van der Waals surface area (Å²) in [6, 6.07) is 2.01. The van der Waals surface area contributed by atoms with Crippen LogP contribution in [0.3, 0.4) is 0 Å². The zero-order valence-corrected chi connectivity index (χ0v) is 15.5. The molecule has 1 fully saturated rings. The molecule has 3 rings (SSSR count). The van der Waals surface area contributed by atoms with Crippen molar-refractivity contribution in [3.63, 3.8) is 0 Å². The van der Waals surface area contributed by atoms with Crippen molar-refractivity contribution in [2.45, 2.75) is 26.7 Å². The molecule has 0 unspecified atom stereocenters. The van der Waals surface area contributed by atoms with Gasteiger partial charge in [-0.25, -0.2) is 15.0 Å². The summed E-state index contributed by atoms with van der Waals surface area (Å²) in [7, 11) is 3.83. The van der Waals surface area contributed by atoms with Gasteiger partial charge in [0.2, 0.25) is 5.82 Å². The number of nitrogens with zero attached hydrogens (tertiary/aromatic N) is 5. The van der Waals surface area contributed by atoms with Crippen molar-refractivity contribution in [2.75, 3.05) is 45.2 Å². The fraction of sp³-hybridized carbons (Fsp3) is 0.556. The molecule has 0 spiro atoms. The first-order chi connectivity index (χ1) is 12.0. The summed E-state index contributed by atoms with van der Waals surface area (Å²) in [6.45, 7) is 7.67. The number of amides is 1. The van der Waals surface area contributed by atoms with Gasteiger partial charge in [0.1, 0.15) is 5.82 Å². The normalized spacial score (nSPS) is 14.9. The van der Waals surface area contributed by atoms with E-state index in [-0.39, 0.29) is 11.7 Å². The number of hydrogen-bond donors (Lipinski definition) is 1. The quantitative estimate of drug-likeness (QED) is 0.888. The van der Waals surface area contributed by atoms with E-state index in [2.05, 4.69) is 25.2 Å². The van der Waals surface area contributed by atoms with Gasteiger partial charge in [-0.1, -0.05) is 0 Å². The van der Waals surface area contributed by atoms with Crippen molar-refractivity contribution in [3.8, 4) is 0 Å². The average Bonchev–Trinajstić information content (AvgIpc) is 3.06. The molecule has 0 radical (unpaired) electrons. The smallest absolute Gasteiger partial charge is 0.289 e. The van der Waals surface area contributed by atoms with Gasteiger partial charge in [-0.3, -0.25) is 4.79 Å². The third-order valence-electron chi connectivity index (χ3n) is 4.51. The van der Waals surface area contributed by atoms with E-state index in [1.54, 1.807) is 0 Å². The highest BCUT2D eigenvalue weighted by molar-refractivity contribution is 5.96. The molecule has 0 aliphatic carbocycles. The maximum atomic E-state index is 12.5. The van der Waals surface area contributed by atoms with Crippen molar-refractivity contribution in [3.05, 3.63) is 23.1 Å². The van der Waals surface area contributed by atoms with Gasteiger partial charge < -0.3 is 15.1 Å². The Morgan fingerprint density at radius 1 is 1.20 bits per heavy atom. The van der Waals surface area contributed by atoms with Crippen LogP contribution < -0.4 is 10.2 Å². The van der Waals surface area contributed by atoms with Gasteiger partial charge in [0, 0.05) is 32.9 Å². The summed E-state index contributed by atoms with van der Waals surface area (Å²) in [5.41, 5.74) is 2.52. The van der Waals surface area contributed by atoms with E-state index in [0.29, 0.717) is 12.2 Å². The molecule has 7 heteroatoms. The number of likely N-dealkylation sites (tertiary alicyclic amines) is 1. The fourth-order valence-corrected chi connectivity index (χ4v) is 3.29. The first kappa shape index (κ1) is 17.5. The predicted molar refractivity (Wildman–Crippen MR) is 99.1 cm³/mol.